The summed E-state index contributed by atoms with van der Waals surface area (Å²) in [6.45, 7) is 0. The van der Waals surface area contributed by atoms with Gasteiger partial charge in [0.05, 0.1) is 0 Å². The van der Waals surface area contributed by atoms with Gasteiger partial charge in [0.15, 0.2) is 0 Å². The Balaban J connectivity index is 1.38. The molecule has 4 bridgehead atoms. The van der Waals surface area contributed by atoms with Crippen molar-refractivity contribution in [2.45, 2.75) is 51.0 Å². The number of rotatable bonds is 4. The van der Waals surface area contributed by atoms with Crippen molar-refractivity contribution in [3.05, 3.63) is 22.4 Å². The average molecular weight is 275 g/mol. The van der Waals surface area contributed by atoms with Gasteiger partial charge >= 0.3 is 0 Å². The fourth-order valence-corrected chi connectivity index (χ4v) is 6.29. The minimum atomic E-state index is 0.289. The summed E-state index contributed by atoms with van der Waals surface area (Å²) in [6, 6.07) is 4.62. The van der Waals surface area contributed by atoms with Crippen molar-refractivity contribution >= 4 is 11.3 Å². The molecule has 4 aliphatic carbocycles. The van der Waals surface area contributed by atoms with E-state index in [0.717, 1.165) is 29.6 Å². The largest absolute Gasteiger partial charge is 0.323 e. The molecule has 5 rings (SSSR count). The third-order valence-corrected chi connectivity index (χ3v) is 7.15. The Morgan fingerprint density at radius 2 is 1.79 bits per heavy atom. The summed E-state index contributed by atoms with van der Waals surface area (Å²) >= 11 is 1.82. The summed E-state index contributed by atoms with van der Waals surface area (Å²) in [5.41, 5.74) is 6.35. The van der Waals surface area contributed by atoms with E-state index in [1.807, 2.05) is 11.3 Å². The van der Waals surface area contributed by atoms with E-state index in [1.165, 1.54) is 17.7 Å². The maximum atomic E-state index is 6.35. The van der Waals surface area contributed by atoms with Crippen molar-refractivity contribution in [3.8, 4) is 0 Å². The van der Waals surface area contributed by atoms with Crippen molar-refractivity contribution < 1.29 is 0 Å². The Kier molecular flexibility index (Phi) is 3.19. The lowest BCUT2D eigenvalue weighted by Crippen LogP contribution is -2.45. The SMILES string of the molecule is NC(CCC1C2CC3CC(C2)CC1C3)c1cccs1. The first-order chi connectivity index (χ1) is 9.29. The van der Waals surface area contributed by atoms with Crippen molar-refractivity contribution in [1.29, 1.82) is 0 Å². The topological polar surface area (TPSA) is 26.0 Å². The van der Waals surface area contributed by atoms with Crippen LogP contribution in [0.3, 0.4) is 0 Å². The highest BCUT2D eigenvalue weighted by Crippen LogP contribution is 2.57. The molecule has 4 saturated carbocycles. The third kappa shape index (κ3) is 2.27. The molecule has 1 atom stereocenters. The lowest BCUT2D eigenvalue weighted by atomic mass is 9.51. The normalized spacial score (nSPS) is 41.6. The lowest BCUT2D eigenvalue weighted by Gasteiger charge is -2.54. The molecule has 1 nitrogen and oxygen atoms in total. The van der Waals surface area contributed by atoms with Crippen LogP contribution in [0.2, 0.25) is 0 Å². The van der Waals surface area contributed by atoms with Crippen LogP contribution in [-0.2, 0) is 0 Å². The fourth-order valence-electron chi connectivity index (χ4n) is 5.53. The minimum Gasteiger partial charge on any atom is -0.323 e. The lowest BCUT2D eigenvalue weighted by molar-refractivity contribution is -0.0408. The second kappa shape index (κ2) is 4.89. The summed E-state index contributed by atoms with van der Waals surface area (Å²) < 4.78 is 0. The molecule has 0 radical (unpaired) electrons. The predicted molar refractivity (Wildman–Crippen MR) is 81.0 cm³/mol. The van der Waals surface area contributed by atoms with Gasteiger partial charge in [0.1, 0.15) is 0 Å². The van der Waals surface area contributed by atoms with Crippen molar-refractivity contribution in [3.63, 3.8) is 0 Å². The second-order valence-corrected chi connectivity index (χ2v) is 8.27. The van der Waals surface area contributed by atoms with Gasteiger partial charge < -0.3 is 5.73 Å². The molecular formula is C17H25NS. The molecular weight excluding hydrogens is 250 g/mol. The Labute approximate surface area is 120 Å². The van der Waals surface area contributed by atoms with E-state index in [1.54, 1.807) is 32.1 Å². The Morgan fingerprint density at radius 1 is 1.11 bits per heavy atom. The van der Waals surface area contributed by atoms with Crippen LogP contribution in [0, 0.1) is 29.6 Å². The van der Waals surface area contributed by atoms with E-state index < -0.39 is 0 Å². The van der Waals surface area contributed by atoms with E-state index in [2.05, 4.69) is 17.5 Å². The first kappa shape index (κ1) is 12.4. The minimum absolute atomic E-state index is 0.289. The Morgan fingerprint density at radius 3 is 2.37 bits per heavy atom. The molecule has 1 aromatic rings. The highest BCUT2D eigenvalue weighted by atomic mass is 32.1. The zero-order valence-electron chi connectivity index (χ0n) is 11.6. The highest BCUT2D eigenvalue weighted by Gasteiger charge is 2.47. The van der Waals surface area contributed by atoms with Crippen LogP contribution < -0.4 is 5.73 Å². The molecule has 4 aliphatic rings. The summed E-state index contributed by atoms with van der Waals surface area (Å²) in [5, 5.41) is 2.15. The highest BCUT2D eigenvalue weighted by molar-refractivity contribution is 7.10. The van der Waals surface area contributed by atoms with Crippen molar-refractivity contribution in [2.24, 2.45) is 35.3 Å². The number of nitrogens with two attached hydrogens (primary N) is 1. The van der Waals surface area contributed by atoms with Gasteiger partial charge in [-0.05, 0) is 86.0 Å². The first-order valence-electron chi connectivity index (χ1n) is 8.08. The zero-order chi connectivity index (χ0) is 12.8. The molecule has 0 saturated heterocycles. The van der Waals surface area contributed by atoms with Crippen LogP contribution in [0.5, 0.6) is 0 Å². The van der Waals surface area contributed by atoms with Crippen LogP contribution in [0.15, 0.2) is 17.5 Å². The van der Waals surface area contributed by atoms with E-state index in [9.17, 15) is 0 Å². The van der Waals surface area contributed by atoms with Crippen LogP contribution in [0.4, 0.5) is 0 Å². The molecule has 1 heterocycles. The fraction of sp³-hybridized carbons (Fsp3) is 0.765. The number of hydrogen-bond acceptors (Lipinski definition) is 2. The summed E-state index contributed by atoms with van der Waals surface area (Å²) in [7, 11) is 0. The summed E-state index contributed by atoms with van der Waals surface area (Å²) in [5.74, 6) is 5.34. The monoisotopic (exact) mass is 275 g/mol. The average Bonchev–Trinajstić information content (AvgIpc) is 2.90. The smallest absolute Gasteiger partial charge is 0.0389 e. The summed E-state index contributed by atoms with van der Waals surface area (Å²) in [6.07, 6.45) is 10.3. The van der Waals surface area contributed by atoms with Crippen LogP contribution >= 0.6 is 11.3 Å². The quantitative estimate of drug-likeness (QED) is 0.854. The van der Waals surface area contributed by atoms with Crippen molar-refractivity contribution in [2.75, 3.05) is 0 Å². The molecule has 2 N–H and O–H groups in total. The van der Waals surface area contributed by atoms with Gasteiger partial charge in [-0.15, -0.1) is 11.3 Å². The summed E-state index contributed by atoms with van der Waals surface area (Å²) in [4.78, 5) is 1.38. The van der Waals surface area contributed by atoms with E-state index in [-0.39, 0.29) is 6.04 Å². The maximum Gasteiger partial charge on any atom is 0.0389 e. The number of hydrogen-bond donors (Lipinski definition) is 1. The van der Waals surface area contributed by atoms with Crippen LogP contribution in [-0.4, -0.2) is 0 Å². The van der Waals surface area contributed by atoms with Crippen LogP contribution in [0.25, 0.3) is 0 Å². The molecule has 104 valence electrons. The molecule has 0 aliphatic heterocycles. The standard InChI is InChI=1S/C17H25NS/c18-16(17-2-1-5-19-17)4-3-15-13-7-11-6-12(9-13)10-14(15)8-11/h1-2,5,11-16H,3-4,6-10,18H2. The van der Waals surface area contributed by atoms with Gasteiger partial charge in [-0.1, -0.05) is 6.07 Å². The molecule has 0 aromatic carbocycles. The molecule has 2 heteroatoms. The molecule has 0 spiro atoms. The van der Waals surface area contributed by atoms with E-state index in [0.29, 0.717) is 0 Å². The molecule has 4 fully saturated rings. The Hall–Kier alpha value is -0.340. The van der Waals surface area contributed by atoms with E-state index in [4.69, 9.17) is 5.73 Å². The van der Waals surface area contributed by atoms with Gasteiger partial charge in [-0.2, -0.15) is 0 Å². The number of thiophene rings is 1. The Bertz CT molecular complexity index is 396. The van der Waals surface area contributed by atoms with Crippen LogP contribution in [0.1, 0.15) is 55.9 Å². The van der Waals surface area contributed by atoms with Gasteiger partial charge in [-0.3, -0.25) is 0 Å². The van der Waals surface area contributed by atoms with Crippen molar-refractivity contribution in [1.82, 2.24) is 0 Å². The zero-order valence-corrected chi connectivity index (χ0v) is 12.4. The van der Waals surface area contributed by atoms with Gasteiger partial charge in [-0.25, -0.2) is 0 Å². The molecule has 19 heavy (non-hydrogen) atoms. The van der Waals surface area contributed by atoms with Gasteiger partial charge in [0.2, 0.25) is 0 Å². The maximum absolute atomic E-state index is 6.35. The van der Waals surface area contributed by atoms with E-state index >= 15 is 0 Å². The first-order valence-corrected chi connectivity index (χ1v) is 8.96. The van der Waals surface area contributed by atoms with Gasteiger partial charge in [0, 0.05) is 10.9 Å². The molecule has 1 unspecified atom stereocenters. The second-order valence-electron chi connectivity index (χ2n) is 7.29. The molecule has 1 aromatic heterocycles. The van der Waals surface area contributed by atoms with Gasteiger partial charge in [0.25, 0.3) is 0 Å². The molecule has 0 amide bonds. The third-order valence-electron chi connectivity index (χ3n) is 6.14. The predicted octanol–water partition coefficient (Wildman–Crippen LogP) is 4.60.